The minimum atomic E-state index is -1.02. The van der Waals surface area contributed by atoms with Crippen LogP contribution in [0.4, 0.5) is 8.78 Å². The van der Waals surface area contributed by atoms with Crippen LogP contribution in [0.2, 0.25) is 0 Å². The van der Waals surface area contributed by atoms with Crippen molar-refractivity contribution >= 4 is 18.3 Å². The predicted octanol–water partition coefficient (Wildman–Crippen LogP) is 3.23. The molecule has 0 saturated carbocycles. The summed E-state index contributed by atoms with van der Waals surface area (Å²) in [6.45, 7) is 3.86. The third-order valence-corrected chi connectivity index (χ3v) is 3.34. The topological polar surface area (TPSA) is 50.4 Å². The van der Waals surface area contributed by atoms with E-state index in [-0.39, 0.29) is 24.1 Å². The number of hydrogen-bond acceptors (Lipinski definition) is 3. The molecule has 0 aliphatic heterocycles. The lowest BCUT2D eigenvalue weighted by molar-refractivity contribution is -0.128. The van der Waals surface area contributed by atoms with E-state index in [0.717, 1.165) is 18.7 Å². The monoisotopic (exact) mass is 370 g/mol. The number of carbonyl (C=O) groups is 1. The van der Waals surface area contributed by atoms with Crippen LogP contribution in [0.25, 0.3) is 0 Å². The fourth-order valence-electron chi connectivity index (χ4n) is 2.13. The number of amides is 1. The number of benzene rings is 2. The Morgan fingerprint density at radius 1 is 1.08 bits per heavy atom. The van der Waals surface area contributed by atoms with Crippen molar-refractivity contribution < 1.29 is 18.3 Å². The number of likely N-dealkylation sites (N-methyl/N-ethyl adjacent to an activating group) is 1. The summed E-state index contributed by atoms with van der Waals surface area (Å²) in [7, 11) is 0. The molecule has 0 aliphatic rings. The van der Waals surface area contributed by atoms with Crippen LogP contribution in [0, 0.1) is 11.6 Å². The molecule has 0 spiro atoms. The van der Waals surface area contributed by atoms with Gasteiger partial charge in [0.25, 0.3) is 5.91 Å². The lowest BCUT2D eigenvalue weighted by Crippen LogP contribution is -2.36. The first-order valence-electron chi connectivity index (χ1n) is 7.77. The Balaban J connectivity index is 0.00000312. The maximum absolute atomic E-state index is 13.4. The average Bonchev–Trinajstić information content (AvgIpc) is 2.60. The van der Waals surface area contributed by atoms with Crippen molar-refractivity contribution in [2.24, 2.45) is 0 Å². The summed E-state index contributed by atoms with van der Waals surface area (Å²) >= 11 is 0. The number of halogens is 3. The molecule has 2 aromatic carbocycles. The second kappa shape index (κ2) is 10.6. The number of ether oxygens (including phenoxy) is 1. The molecule has 1 unspecified atom stereocenters. The summed E-state index contributed by atoms with van der Waals surface area (Å²) in [5.74, 6) is -2.24. The Hall–Kier alpha value is -2.18. The number of nitrogens with one attached hydrogen (secondary N) is 2. The first-order chi connectivity index (χ1) is 11.6. The number of hydrogen-bond donors (Lipinski definition) is 2. The first kappa shape index (κ1) is 20.9. The molecule has 0 radical (unpaired) electrons. The molecular weight excluding hydrogens is 350 g/mol. The summed E-state index contributed by atoms with van der Waals surface area (Å²) in [6.07, 6.45) is -0.947. The third kappa shape index (κ3) is 6.32. The molecule has 0 aliphatic carbocycles. The van der Waals surface area contributed by atoms with Gasteiger partial charge in [-0.25, -0.2) is 8.78 Å². The van der Waals surface area contributed by atoms with Gasteiger partial charge in [0.2, 0.25) is 6.10 Å². The van der Waals surface area contributed by atoms with E-state index in [1.54, 1.807) is 24.3 Å². The van der Waals surface area contributed by atoms with E-state index < -0.39 is 17.7 Å². The van der Waals surface area contributed by atoms with Crippen molar-refractivity contribution in [3.05, 3.63) is 65.7 Å². The second-order valence-electron chi connectivity index (χ2n) is 5.13. The Kier molecular flexibility index (Phi) is 8.88. The van der Waals surface area contributed by atoms with Gasteiger partial charge in [-0.1, -0.05) is 37.3 Å². The number of rotatable bonds is 8. The highest BCUT2D eigenvalue weighted by Crippen LogP contribution is 2.24. The molecule has 7 heteroatoms. The summed E-state index contributed by atoms with van der Waals surface area (Å²) in [4.78, 5) is 12.4. The van der Waals surface area contributed by atoms with Crippen LogP contribution in [0.1, 0.15) is 18.6 Å². The van der Waals surface area contributed by atoms with Crippen LogP contribution in [0.5, 0.6) is 5.75 Å². The third-order valence-electron chi connectivity index (χ3n) is 3.34. The fraction of sp³-hybridized carbons (Fsp3) is 0.278. The van der Waals surface area contributed by atoms with Crippen molar-refractivity contribution in [2.45, 2.75) is 13.0 Å². The van der Waals surface area contributed by atoms with E-state index in [4.69, 9.17) is 4.74 Å². The van der Waals surface area contributed by atoms with Gasteiger partial charge >= 0.3 is 0 Å². The van der Waals surface area contributed by atoms with Crippen molar-refractivity contribution in [1.82, 2.24) is 10.6 Å². The largest absolute Gasteiger partial charge is 0.476 e. The van der Waals surface area contributed by atoms with Crippen LogP contribution < -0.4 is 15.4 Å². The highest BCUT2D eigenvalue weighted by Gasteiger charge is 2.22. The standard InChI is InChI=1S/C18H20F2N2O2.ClH/c1-2-21-10-11-22-18(23)17(13-6-4-3-5-7-13)24-14-8-9-15(19)16(20)12-14;/h3-9,12,17,21H,2,10-11H2,1H3,(H,22,23);1H. The Labute approximate surface area is 152 Å². The van der Waals surface area contributed by atoms with E-state index >= 15 is 0 Å². The molecule has 2 rings (SSSR count). The number of carbonyl (C=O) groups excluding carboxylic acids is 1. The molecule has 2 aromatic rings. The van der Waals surface area contributed by atoms with Crippen molar-refractivity contribution in [3.63, 3.8) is 0 Å². The minimum absolute atomic E-state index is 0. The lowest BCUT2D eigenvalue weighted by Gasteiger charge is -2.19. The van der Waals surface area contributed by atoms with Crippen LogP contribution in [-0.2, 0) is 4.79 Å². The van der Waals surface area contributed by atoms with Crippen molar-refractivity contribution in [1.29, 1.82) is 0 Å². The van der Waals surface area contributed by atoms with Gasteiger partial charge in [0.05, 0.1) is 0 Å². The van der Waals surface area contributed by atoms with E-state index in [9.17, 15) is 13.6 Å². The normalized spacial score (nSPS) is 11.3. The smallest absolute Gasteiger partial charge is 0.265 e. The molecule has 4 nitrogen and oxygen atoms in total. The van der Waals surface area contributed by atoms with Crippen LogP contribution in [0.3, 0.4) is 0 Å². The highest BCUT2D eigenvalue weighted by atomic mass is 35.5. The van der Waals surface area contributed by atoms with Gasteiger partial charge in [0.15, 0.2) is 11.6 Å². The average molecular weight is 371 g/mol. The molecule has 136 valence electrons. The zero-order valence-electron chi connectivity index (χ0n) is 13.8. The molecule has 25 heavy (non-hydrogen) atoms. The lowest BCUT2D eigenvalue weighted by atomic mass is 10.1. The van der Waals surface area contributed by atoms with Gasteiger partial charge in [0.1, 0.15) is 5.75 Å². The van der Waals surface area contributed by atoms with Gasteiger partial charge in [-0.2, -0.15) is 0 Å². The zero-order chi connectivity index (χ0) is 17.4. The van der Waals surface area contributed by atoms with Crippen molar-refractivity contribution in [2.75, 3.05) is 19.6 Å². The Bertz CT molecular complexity index is 671. The van der Waals surface area contributed by atoms with Gasteiger partial charge in [0, 0.05) is 24.7 Å². The van der Waals surface area contributed by atoms with Gasteiger partial charge in [-0.3, -0.25) is 4.79 Å². The summed E-state index contributed by atoms with van der Waals surface area (Å²) in [5.41, 5.74) is 0.628. The van der Waals surface area contributed by atoms with Crippen LogP contribution >= 0.6 is 12.4 Å². The second-order valence-corrected chi connectivity index (χ2v) is 5.13. The van der Waals surface area contributed by atoms with Gasteiger partial charge in [-0.15, -0.1) is 12.4 Å². The SMILES string of the molecule is CCNCCNC(=O)C(Oc1ccc(F)c(F)c1)c1ccccc1.Cl. The molecule has 1 atom stereocenters. The highest BCUT2D eigenvalue weighted by molar-refractivity contribution is 5.85. The van der Waals surface area contributed by atoms with E-state index in [0.29, 0.717) is 18.7 Å². The Morgan fingerprint density at radius 2 is 1.80 bits per heavy atom. The maximum atomic E-state index is 13.4. The Morgan fingerprint density at radius 3 is 2.44 bits per heavy atom. The maximum Gasteiger partial charge on any atom is 0.265 e. The molecule has 1 amide bonds. The molecule has 2 N–H and O–H groups in total. The summed E-state index contributed by atoms with van der Waals surface area (Å²) < 4.78 is 32.0. The van der Waals surface area contributed by atoms with Crippen molar-refractivity contribution in [3.8, 4) is 5.75 Å². The molecule has 0 bridgehead atoms. The quantitative estimate of drug-likeness (QED) is 0.701. The van der Waals surface area contributed by atoms with E-state index in [1.165, 1.54) is 6.07 Å². The minimum Gasteiger partial charge on any atom is -0.476 e. The summed E-state index contributed by atoms with van der Waals surface area (Å²) in [5, 5.41) is 5.87. The molecule has 0 heterocycles. The fourth-order valence-corrected chi connectivity index (χ4v) is 2.13. The summed E-state index contributed by atoms with van der Waals surface area (Å²) in [6, 6.07) is 12.1. The molecule has 0 fully saturated rings. The predicted molar refractivity (Wildman–Crippen MR) is 95.0 cm³/mol. The van der Waals surface area contributed by atoms with E-state index in [2.05, 4.69) is 10.6 Å². The van der Waals surface area contributed by atoms with E-state index in [1.807, 2.05) is 13.0 Å². The first-order valence-corrected chi connectivity index (χ1v) is 7.77. The molecular formula is C18H21ClF2N2O2. The zero-order valence-corrected chi connectivity index (χ0v) is 14.6. The van der Waals surface area contributed by atoms with Crippen LogP contribution in [0.15, 0.2) is 48.5 Å². The van der Waals surface area contributed by atoms with Crippen LogP contribution in [-0.4, -0.2) is 25.5 Å². The van der Waals surface area contributed by atoms with Gasteiger partial charge in [-0.05, 0) is 18.7 Å². The van der Waals surface area contributed by atoms with Gasteiger partial charge < -0.3 is 15.4 Å². The molecule has 0 saturated heterocycles. The molecule has 0 aromatic heterocycles.